The van der Waals surface area contributed by atoms with Gasteiger partial charge in [0.05, 0.1) is 12.6 Å². The van der Waals surface area contributed by atoms with Crippen molar-refractivity contribution in [2.75, 3.05) is 19.6 Å². The first-order valence-electron chi connectivity index (χ1n) is 9.54. The Morgan fingerprint density at radius 1 is 1.21 bits per heavy atom. The van der Waals surface area contributed by atoms with E-state index in [9.17, 15) is 9.59 Å². The van der Waals surface area contributed by atoms with Crippen LogP contribution < -0.4 is 0 Å². The van der Waals surface area contributed by atoms with Gasteiger partial charge in [0.25, 0.3) is 0 Å². The third-order valence-electron chi connectivity index (χ3n) is 5.02. The summed E-state index contributed by atoms with van der Waals surface area (Å²) in [7, 11) is 0. The van der Waals surface area contributed by atoms with Gasteiger partial charge in [-0.25, -0.2) is 0 Å². The smallest absolute Gasteiger partial charge is 0.242 e. The van der Waals surface area contributed by atoms with Crippen molar-refractivity contribution < 1.29 is 9.59 Å². The Morgan fingerprint density at radius 2 is 2.00 bits per heavy atom. The van der Waals surface area contributed by atoms with Crippen molar-refractivity contribution in [2.45, 2.75) is 39.2 Å². The molecule has 2 heterocycles. The van der Waals surface area contributed by atoms with Crippen LogP contribution in [0.3, 0.4) is 0 Å². The number of benzene rings is 1. The number of nitrogens with zero attached hydrogens (tertiary/aromatic N) is 2. The molecule has 0 N–H and O–H groups in total. The maximum atomic E-state index is 13.3. The summed E-state index contributed by atoms with van der Waals surface area (Å²) in [5.41, 5.74) is 1.97. The summed E-state index contributed by atoms with van der Waals surface area (Å²) >= 11 is 14.3. The van der Waals surface area contributed by atoms with Crippen LogP contribution in [-0.2, 0) is 16.0 Å². The Bertz CT molecular complexity index is 868. The molecule has 2 amide bonds. The first-order chi connectivity index (χ1) is 13.5. The van der Waals surface area contributed by atoms with E-state index in [1.807, 2.05) is 24.8 Å². The molecule has 0 saturated heterocycles. The normalized spacial score (nSPS) is 16.0. The van der Waals surface area contributed by atoms with E-state index >= 15 is 0 Å². The van der Waals surface area contributed by atoms with Crippen LogP contribution in [0.2, 0.25) is 10.0 Å². The molecule has 0 radical (unpaired) electrons. The Balaban J connectivity index is 1.94. The minimum absolute atomic E-state index is 0.00417. The number of amides is 2. The second-order valence-electron chi connectivity index (χ2n) is 6.87. The Morgan fingerprint density at radius 3 is 2.68 bits per heavy atom. The molecule has 0 saturated carbocycles. The van der Waals surface area contributed by atoms with Gasteiger partial charge in [0.1, 0.15) is 0 Å². The van der Waals surface area contributed by atoms with Gasteiger partial charge in [-0.15, -0.1) is 11.3 Å². The molecular formula is C21H24Cl2N2O2S. The zero-order chi connectivity index (χ0) is 20.3. The summed E-state index contributed by atoms with van der Waals surface area (Å²) in [6.07, 6.45) is 2.03. The van der Waals surface area contributed by atoms with E-state index in [1.165, 1.54) is 4.88 Å². The summed E-state index contributed by atoms with van der Waals surface area (Å²) in [5, 5.41) is 3.17. The van der Waals surface area contributed by atoms with Gasteiger partial charge in [-0.2, -0.15) is 0 Å². The van der Waals surface area contributed by atoms with E-state index in [2.05, 4.69) is 11.4 Å². The van der Waals surface area contributed by atoms with Crippen LogP contribution in [-0.4, -0.2) is 41.2 Å². The van der Waals surface area contributed by atoms with Gasteiger partial charge in [-0.05, 0) is 47.5 Å². The van der Waals surface area contributed by atoms with Crippen LogP contribution in [0, 0.1) is 0 Å². The molecule has 1 aliphatic heterocycles. The van der Waals surface area contributed by atoms with Crippen molar-refractivity contribution in [2.24, 2.45) is 0 Å². The van der Waals surface area contributed by atoms with Crippen molar-refractivity contribution in [3.63, 3.8) is 0 Å². The van der Waals surface area contributed by atoms with Crippen molar-refractivity contribution in [3.8, 4) is 0 Å². The number of hydrogen-bond acceptors (Lipinski definition) is 3. The topological polar surface area (TPSA) is 40.6 Å². The van der Waals surface area contributed by atoms with E-state index in [-0.39, 0.29) is 24.4 Å². The summed E-state index contributed by atoms with van der Waals surface area (Å²) in [6, 6.07) is 7.22. The fourth-order valence-electron chi connectivity index (χ4n) is 3.68. The summed E-state index contributed by atoms with van der Waals surface area (Å²) in [6.45, 7) is 5.12. The molecule has 1 atom stereocenters. The third kappa shape index (κ3) is 4.37. The molecule has 4 nitrogen and oxygen atoms in total. The summed E-state index contributed by atoms with van der Waals surface area (Å²) in [5.74, 6) is -0.0485. The third-order valence-corrected chi connectivity index (χ3v) is 6.58. The van der Waals surface area contributed by atoms with Gasteiger partial charge < -0.3 is 9.80 Å². The van der Waals surface area contributed by atoms with Crippen molar-refractivity contribution in [3.05, 3.63) is 55.7 Å². The van der Waals surface area contributed by atoms with Crippen molar-refractivity contribution >= 4 is 46.4 Å². The largest absolute Gasteiger partial charge is 0.333 e. The SMILES string of the molecule is CCCN(CC(=O)N1CCc2sccc2C1c1ccc(Cl)cc1Cl)C(=O)CC. The second-order valence-corrected chi connectivity index (χ2v) is 8.72. The summed E-state index contributed by atoms with van der Waals surface area (Å²) < 4.78 is 0. The highest BCUT2D eigenvalue weighted by molar-refractivity contribution is 7.10. The average Bonchev–Trinajstić information content (AvgIpc) is 3.15. The zero-order valence-corrected chi connectivity index (χ0v) is 18.4. The number of carbonyl (C=O) groups excluding carboxylic acids is 2. The molecule has 0 fully saturated rings. The summed E-state index contributed by atoms with van der Waals surface area (Å²) in [4.78, 5) is 30.3. The molecule has 0 aliphatic carbocycles. The minimum atomic E-state index is -0.257. The van der Waals surface area contributed by atoms with Gasteiger partial charge >= 0.3 is 0 Å². The van der Waals surface area contributed by atoms with Gasteiger partial charge in [-0.1, -0.05) is 43.1 Å². The molecule has 1 unspecified atom stereocenters. The monoisotopic (exact) mass is 438 g/mol. The van der Waals surface area contributed by atoms with Crippen LogP contribution in [0.15, 0.2) is 29.6 Å². The number of carbonyl (C=O) groups is 2. The molecule has 1 aromatic carbocycles. The number of fused-ring (bicyclic) bond motifs is 1. The van der Waals surface area contributed by atoms with Gasteiger partial charge in [0.2, 0.25) is 11.8 Å². The fourth-order valence-corrected chi connectivity index (χ4v) is 5.10. The fraction of sp³-hybridized carbons (Fsp3) is 0.429. The van der Waals surface area contributed by atoms with E-state index < -0.39 is 0 Å². The zero-order valence-electron chi connectivity index (χ0n) is 16.1. The second kappa shape index (κ2) is 9.29. The Labute approximate surface area is 180 Å². The van der Waals surface area contributed by atoms with Crippen LogP contribution >= 0.6 is 34.5 Å². The van der Waals surface area contributed by atoms with Gasteiger partial charge in [0.15, 0.2) is 0 Å². The highest BCUT2D eigenvalue weighted by Crippen LogP contribution is 2.41. The predicted octanol–water partition coefficient (Wildman–Crippen LogP) is 5.18. The van der Waals surface area contributed by atoms with Crippen LogP contribution in [0.5, 0.6) is 0 Å². The van der Waals surface area contributed by atoms with E-state index in [0.29, 0.717) is 29.6 Å². The minimum Gasteiger partial charge on any atom is -0.333 e. The highest BCUT2D eigenvalue weighted by atomic mass is 35.5. The van der Waals surface area contributed by atoms with Crippen LogP contribution in [0.25, 0.3) is 0 Å². The molecular weight excluding hydrogens is 415 g/mol. The molecule has 3 rings (SSSR count). The van der Waals surface area contributed by atoms with Crippen LogP contribution in [0.1, 0.15) is 48.7 Å². The van der Waals surface area contributed by atoms with E-state index in [4.69, 9.17) is 23.2 Å². The maximum absolute atomic E-state index is 13.3. The van der Waals surface area contributed by atoms with Gasteiger partial charge in [0, 0.05) is 34.4 Å². The number of halogens is 2. The lowest BCUT2D eigenvalue weighted by molar-refractivity contribution is -0.141. The lowest BCUT2D eigenvalue weighted by atomic mass is 9.93. The Hall–Kier alpha value is -1.56. The number of hydrogen-bond donors (Lipinski definition) is 0. The molecule has 150 valence electrons. The van der Waals surface area contributed by atoms with Gasteiger partial charge in [-0.3, -0.25) is 9.59 Å². The Kier molecular flexibility index (Phi) is 7.02. The molecule has 0 spiro atoms. The van der Waals surface area contributed by atoms with Crippen molar-refractivity contribution in [1.29, 1.82) is 0 Å². The molecule has 0 bridgehead atoms. The molecule has 7 heteroatoms. The quantitative estimate of drug-likeness (QED) is 0.623. The first kappa shape index (κ1) is 21.2. The lowest BCUT2D eigenvalue weighted by Crippen LogP contribution is -2.46. The standard InChI is InChI=1S/C21H24Cl2N2O2S/c1-3-9-24(19(26)4-2)13-20(27)25-10-7-18-16(8-11-28-18)21(25)15-6-5-14(22)12-17(15)23/h5-6,8,11-12,21H,3-4,7,9-10,13H2,1-2H3. The van der Waals surface area contributed by atoms with Crippen molar-refractivity contribution in [1.82, 2.24) is 9.80 Å². The molecule has 1 aliphatic rings. The first-order valence-corrected chi connectivity index (χ1v) is 11.2. The van der Waals surface area contributed by atoms with E-state index in [1.54, 1.807) is 28.4 Å². The van der Waals surface area contributed by atoms with Crippen LogP contribution in [0.4, 0.5) is 0 Å². The predicted molar refractivity (Wildman–Crippen MR) is 115 cm³/mol. The lowest BCUT2D eigenvalue weighted by Gasteiger charge is -2.38. The highest BCUT2D eigenvalue weighted by Gasteiger charge is 2.34. The van der Waals surface area contributed by atoms with E-state index in [0.717, 1.165) is 24.0 Å². The number of thiophene rings is 1. The molecule has 28 heavy (non-hydrogen) atoms. The molecule has 2 aromatic rings. The maximum Gasteiger partial charge on any atom is 0.242 e. The molecule has 1 aromatic heterocycles. The average molecular weight is 439 g/mol. The number of rotatable bonds is 6.